The number of imidazole rings is 1. The number of H-pyrrole nitrogens is 2. The van der Waals surface area contributed by atoms with Gasteiger partial charge in [-0.1, -0.05) is 30.7 Å². The number of hydrogen-bond acceptors (Lipinski definition) is 3. The number of nitrogens with one attached hydrogen (secondary N) is 3. The molecule has 1 aromatic heterocycles. The molecule has 0 saturated carbocycles. The number of aromatic amines is 2. The average Bonchev–Trinajstić information content (AvgIpc) is 3.07. The van der Waals surface area contributed by atoms with Gasteiger partial charge < -0.3 is 15.3 Å². The van der Waals surface area contributed by atoms with Crippen LogP contribution in [0.5, 0.6) is 0 Å². The van der Waals surface area contributed by atoms with Crippen molar-refractivity contribution in [3.63, 3.8) is 0 Å². The topological polar surface area (TPSA) is 63.9 Å². The van der Waals surface area contributed by atoms with Crippen molar-refractivity contribution in [2.75, 3.05) is 13.1 Å². The Morgan fingerprint density at radius 2 is 1.86 bits per heavy atom. The molecule has 3 aromatic rings. The highest BCUT2D eigenvalue weighted by atomic mass is 32.1. The van der Waals surface area contributed by atoms with Crippen molar-refractivity contribution >= 4 is 29.2 Å². The summed E-state index contributed by atoms with van der Waals surface area (Å²) in [4.78, 5) is 21.0. The molecule has 0 spiro atoms. The maximum atomic E-state index is 13.9. The van der Waals surface area contributed by atoms with Gasteiger partial charge in [0, 0.05) is 13.1 Å². The number of benzene rings is 2. The second-order valence-electron chi connectivity index (χ2n) is 7.24. The summed E-state index contributed by atoms with van der Waals surface area (Å²) in [5.41, 5.74) is 3.55. The number of halogens is 1. The van der Waals surface area contributed by atoms with E-state index in [4.69, 9.17) is 12.2 Å². The molecule has 2 heterocycles. The number of hydrogen-bond donors (Lipinski definition) is 3. The van der Waals surface area contributed by atoms with Crippen LogP contribution in [0.2, 0.25) is 0 Å². The SMILES string of the molecule is O=C(NCc1ccccc1CN1CCCCC1)c1cc(F)cc2[nH]c(=S)[nH]c12. The van der Waals surface area contributed by atoms with Crippen molar-refractivity contribution in [3.8, 4) is 0 Å². The maximum Gasteiger partial charge on any atom is 0.253 e. The molecule has 4 rings (SSSR count). The standard InChI is InChI=1S/C21H23FN4OS/c22-16-10-17(19-18(11-16)24-21(28)25-19)20(27)23-12-14-6-2-3-7-15(14)13-26-8-4-1-5-9-26/h2-3,6-7,10-11H,1,4-5,8-9,12-13H2,(H,23,27)(H2,24,25,28). The monoisotopic (exact) mass is 398 g/mol. The van der Waals surface area contributed by atoms with Crippen molar-refractivity contribution in [1.82, 2.24) is 20.2 Å². The Kier molecular flexibility index (Phi) is 5.54. The van der Waals surface area contributed by atoms with Crippen LogP contribution in [0.4, 0.5) is 4.39 Å². The van der Waals surface area contributed by atoms with E-state index in [2.05, 4.69) is 26.3 Å². The molecule has 1 saturated heterocycles. The van der Waals surface area contributed by atoms with Gasteiger partial charge in [-0.05, 0) is 61.4 Å². The summed E-state index contributed by atoms with van der Waals surface area (Å²) in [6, 6.07) is 10.7. The summed E-state index contributed by atoms with van der Waals surface area (Å²) in [5.74, 6) is -0.809. The second-order valence-corrected chi connectivity index (χ2v) is 7.65. The Morgan fingerprint density at radius 3 is 2.64 bits per heavy atom. The number of nitrogens with zero attached hydrogens (tertiary/aromatic N) is 1. The maximum absolute atomic E-state index is 13.9. The average molecular weight is 399 g/mol. The fourth-order valence-electron chi connectivity index (χ4n) is 3.80. The first-order valence-corrected chi connectivity index (χ1v) is 10.00. The molecule has 0 aliphatic carbocycles. The molecule has 0 radical (unpaired) electrons. The van der Waals surface area contributed by atoms with Gasteiger partial charge in [0.2, 0.25) is 0 Å². The zero-order chi connectivity index (χ0) is 19.5. The Bertz CT molecular complexity index is 1050. The number of carbonyl (C=O) groups excluding carboxylic acids is 1. The molecule has 1 fully saturated rings. The van der Waals surface area contributed by atoms with E-state index in [1.807, 2.05) is 18.2 Å². The van der Waals surface area contributed by atoms with E-state index in [0.29, 0.717) is 22.3 Å². The van der Waals surface area contributed by atoms with Crippen LogP contribution in [0.15, 0.2) is 36.4 Å². The Balaban J connectivity index is 1.50. The molecule has 5 nitrogen and oxygen atoms in total. The minimum atomic E-state index is -0.478. The Hall–Kier alpha value is -2.51. The second kappa shape index (κ2) is 8.24. The van der Waals surface area contributed by atoms with Gasteiger partial charge in [0.1, 0.15) is 5.82 Å². The number of fused-ring (bicyclic) bond motifs is 1. The van der Waals surface area contributed by atoms with E-state index in [-0.39, 0.29) is 11.5 Å². The molecule has 146 valence electrons. The predicted molar refractivity (Wildman–Crippen MR) is 110 cm³/mol. The van der Waals surface area contributed by atoms with Crippen LogP contribution < -0.4 is 5.32 Å². The highest BCUT2D eigenvalue weighted by molar-refractivity contribution is 7.71. The van der Waals surface area contributed by atoms with Crippen molar-refractivity contribution in [3.05, 3.63) is 63.7 Å². The molecular weight excluding hydrogens is 375 g/mol. The van der Waals surface area contributed by atoms with Crippen LogP contribution in [0.1, 0.15) is 40.7 Å². The fraction of sp³-hybridized carbons (Fsp3) is 0.333. The lowest BCUT2D eigenvalue weighted by molar-refractivity contribution is 0.0951. The summed E-state index contributed by atoms with van der Waals surface area (Å²) in [6.45, 7) is 3.52. The lowest BCUT2D eigenvalue weighted by Gasteiger charge is -2.27. The number of rotatable bonds is 5. The van der Waals surface area contributed by atoms with E-state index < -0.39 is 5.82 Å². The summed E-state index contributed by atoms with van der Waals surface area (Å²) in [6.07, 6.45) is 3.79. The van der Waals surface area contributed by atoms with Crippen molar-refractivity contribution < 1.29 is 9.18 Å². The molecule has 0 bridgehead atoms. The number of amides is 1. The van der Waals surface area contributed by atoms with Gasteiger partial charge >= 0.3 is 0 Å². The quantitative estimate of drug-likeness (QED) is 0.562. The van der Waals surface area contributed by atoms with Crippen LogP contribution in [-0.4, -0.2) is 33.9 Å². The van der Waals surface area contributed by atoms with Gasteiger partial charge in [-0.25, -0.2) is 4.39 Å². The normalized spacial score (nSPS) is 15.0. The first-order valence-electron chi connectivity index (χ1n) is 9.59. The third-order valence-electron chi connectivity index (χ3n) is 5.23. The molecule has 2 aromatic carbocycles. The molecule has 3 N–H and O–H groups in total. The molecule has 0 unspecified atom stereocenters. The first-order chi connectivity index (χ1) is 13.6. The van der Waals surface area contributed by atoms with Gasteiger partial charge in [0.05, 0.1) is 16.6 Å². The number of carbonyl (C=O) groups is 1. The van der Waals surface area contributed by atoms with Crippen LogP contribution in [0.3, 0.4) is 0 Å². The molecule has 1 aliphatic rings. The van der Waals surface area contributed by atoms with E-state index in [9.17, 15) is 9.18 Å². The smallest absolute Gasteiger partial charge is 0.253 e. The van der Waals surface area contributed by atoms with Crippen molar-refractivity contribution in [2.45, 2.75) is 32.4 Å². The molecule has 1 amide bonds. The highest BCUT2D eigenvalue weighted by Crippen LogP contribution is 2.19. The lowest BCUT2D eigenvalue weighted by Crippen LogP contribution is -2.30. The molecular formula is C21H23FN4OS. The van der Waals surface area contributed by atoms with Gasteiger partial charge in [-0.3, -0.25) is 9.69 Å². The first kappa shape index (κ1) is 18.8. The van der Waals surface area contributed by atoms with Gasteiger partial charge in [-0.15, -0.1) is 0 Å². The number of piperidine rings is 1. The lowest BCUT2D eigenvalue weighted by atomic mass is 10.0. The Morgan fingerprint density at radius 1 is 1.11 bits per heavy atom. The van der Waals surface area contributed by atoms with Crippen LogP contribution in [0.25, 0.3) is 11.0 Å². The van der Waals surface area contributed by atoms with E-state index in [1.165, 1.54) is 37.0 Å². The zero-order valence-electron chi connectivity index (χ0n) is 15.6. The van der Waals surface area contributed by atoms with E-state index >= 15 is 0 Å². The number of likely N-dealkylation sites (tertiary alicyclic amines) is 1. The van der Waals surface area contributed by atoms with Gasteiger partial charge in [0.15, 0.2) is 4.77 Å². The molecule has 1 aliphatic heterocycles. The molecule has 28 heavy (non-hydrogen) atoms. The molecule has 0 atom stereocenters. The van der Waals surface area contributed by atoms with E-state index in [0.717, 1.165) is 25.2 Å². The summed E-state index contributed by atoms with van der Waals surface area (Å²) < 4.78 is 14.3. The largest absolute Gasteiger partial charge is 0.348 e. The summed E-state index contributed by atoms with van der Waals surface area (Å²) in [7, 11) is 0. The summed E-state index contributed by atoms with van der Waals surface area (Å²) in [5, 5.41) is 2.93. The van der Waals surface area contributed by atoms with Crippen LogP contribution in [0, 0.1) is 10.6 Å². The summed E-state index contributed by atoms with van der Waals surface area (Å²) >= 11 is 5.07. The molecule has 7 heteroatoms. The number of aromatic nitrogens is 2. The van der Waals surface area contributed by atoms with E-state index in [1.54, 1.807) is 0 Å². The highest BCUT2D eigenvalue weighted by Gasteiger charge is 2.16. The van der Waals surface area contributed by atoms with Crippen LogP contribution >= 0.6 is 12.2 Å². The van der Waals surface area contributed by atoms with Gasteiger partial charge in [-0.2, -0.15) is 0 Å². The fourth-order valence-corrected chi connectivity index (χ4v) is 4.01. The van der Waals surface area contributed by atoms with Gasteiger partial charge in [0.25, 0.3) is 5.91 Å². The predicted octanol–water partition coefficient (Wildman–Crippen LogP) is 4.28. The minimum absolute atomic E-state index is 0.246. The van der Waals surface area contributed by atoms with Crippen LogP contribution in [-0.2, 0) is 13.1 Å². The Labute approximate surface area is 168 Å². The zero-order valence-corrected chi connectivity index (χ0v) is 16.4. The third-order valence-corrected chi connectivity index (χ3v) is 5.44. The van der Waals surface area contributed by atoms with Crippen molar-refractivity contribution in [1.29, 1.82) is 0 Å². The van der Waals surface area contributed by atoms with Crippen molar-refractivity contribution in [2.24, 2.45) is 0 Å². The third kappa shape index (κ3) is 4.15. The minimum Gasteiger partial charge on any atom is -0.348 e.